The van der Waals surface area contributed by atoms with Crippen LogP contribution in [0.1, 0.15) is 35.3 Å². The van der Waals surface area contributed by atoms with Gasteiger partial charge in [0.05, 0.1) is 5.56 Å². The van der Waals surface area contributed by atoms with E-state index in [2.05, 4.69) is 15.5 Å². The summed E-state index contributed by atoms with van der Waals surface area (Å²) in [6.45, 7) is -0.0855. The highest BCUT2D eigenvalue weighted by molar-refractivity contribution is 7.84. The number of halogens is 5. The first-order valence-corrected chi connectivity index (χ1v) is 10.8. The van der Waals surface area contributed by atoms with Gasteiger partial charge in [0, 0.05) is 53.6 Å². The minimum absolute atomic E-state index is 0.0844. The molecule has 1 aromatic carbocycles. The molecule has 1 aliphatic heterocycles. The fraction of sp³-hybridized carbons (Fsp3) is 0.421. The third-order valence-corrected chi connectivity index (χ3v) is 5.67. The van der Waals surface area contributed by atoms with Crippen molar-refractivity contribution in [2.75, 3.05) is 29.6 Å². The van der Waals surface area contributed by atoms with E-state index in [9.17, 15) is 31.0 Å². The molecule has 2 heterocycles. The Morgan fingerprint density at radius 2 is 1.90 bits per heavy atom. The number of alkyl halides is 5. The number of anilines is 2. The van der Waals surface area contributed by atoms with Crippen molar-refractivity contribution in [3.63, 3.8) is 0 Å². The number of carbonyl (C=O) groups excluding carboxylic acids is 1. The van der Waals surface area contributed by atoms with Gasteiger partial charge in [0.2, 0.25) is 5.92 Å². The maximum atomic E-state index is 13.7. The second kappa shape index (κ2) is 8.85. The molecule has 0 radical (unpaired) electrons. The Labute approximate surface area is 177 Å². The molecule has 0 aliphatic carbocycles. The first-order chi connectivity index (χ1) is 14.5. The van der Waals surface area contributed by atoms with E-state index >= 15 is 0 Å². The van der Waals surface area contributed by atoms with E-state index in [0.717, 1.165) is 0 Å². The summed E-state index contributed by atoms with van der Waals surface area (Å²) in [5.41, 5.74) is -1.59. The second-order valence-corrected chi connectivity index (χ2v) is 8.48. The minimum atomic E-state index is -4.84. The highest BCUT2D eigenvalue weighted by Crippen LogP contribution is 2.33. The van der Waals surface area contributed by atoms with Crippen molar-refractivity contribution in [2.24, 2.45) is 0 Å². The van der Waals surface area contributed by atoms with Crippen LogP contribution in [0.5, 0.6) is 0 Å². The molecule has 1 amide bonds. The molecule has 0 bridgehead atoms. The fourth-order valence-electron chi connectivity index (χ4n) is 3.15. The van der Waals surface area contributed by atoms with Gasteiger partial charge in [0.15, 0.2) is 11.5 Å². The van der Waals surface area contributed by atoms with Crippen LogP contribution >= 0.6 is 0 Å². The molecule has 3 rings (SSSR count). The lowest BCUT2D eigenvalue weighted by atomic mass is 10.1. The Balaban J connectivity index is 1.96. The third kappa shape index (κ3) is 5.75. The SMILES string of the molecule is CS(=O)c1cccc(NC(=O)c2cc(C(F)(F)F)nnc2N2CCCC(F)(F)CC2)c1. The van der Waals surface area contributed by atoms with Gasteiger partial charge in [-0.1, -0.05) is 6.07 Å². The molecule has 1 atom stereocenters. The molecule has 0 spiro atoms. The van der Waals surface area contributed by atoms with Crippen LogP contribution < -0.4 is 10.2 Å². The van der Waals surface area contributed by atoms with Crippen molar-refractivity contribution in [1.29, 1.82) is 0 Å². The highest BCUT2D eigenvalue weighted by Gasteiger charge is 2.37. The summed E-state index contributed by atoms with van der Waals surface area (Å²) in [6.07, 6.45) is -4.19. The number of hydrogen-bond donors (Lipinski definition) is 1. The van der Waals surface area contributed by atoms with Crippen LogP contribution in [0.15, 0.2) is 35.2 Å². The molecule has 0 saturated carbocycles. The number of nitrogens with zero attached hydrogens (tertiary/aromatic N) is 3. The molecule has 2 aromatic rings. The van der Waals surface area contributed by atoms with Gasteiger partial charge >= 0.3 is 6.18 Å². The summed E-state index contributed by atoms with van der Waals surface area (Å²) in [6, 6.07) is 6.59. The highest BCUT2D eigenvalue weighted by atomic mass is 32.2. The van der Waals surface area contributed by atoms with E-state index in [0.29, 0.717) is 11.0 Å². The third-order valence-electron chi connectivity index (χ3n) is 4.75. The quantitative estimate of drug-likeness (QED) is 0.693. The van der Waals surface area contributed by atoms with Crippen molar-refractivity contribution in [3.05, 3.63) is 41.6 Å². The van der Waals surface area contributed by atoms with Gasteiger partial charge in [-0.2, -0.15) is 13.2 Å². The lowest BCUT2D eigenvalue weighted by Crippen LogP contribution is -2.30. The summed E-state index contributed by atoms with van der Waals surface area (Å²) >= 11 is 0. The largest absolute Gasteiger partial charge is 0.435 e. The molecule has 1 unspecified atom stereocenters. The predicted octanol–water partition coefficient (Wildman–Crippen LogP) is 4.11. The standard InChI is InChI=1S/C19H19F5N4O2S/c1-31(30)13-5-2-4-12(10-13)25-17(29)14-11-15(19(22,23)24)26-27-16(14)28-8-3-6-18(20,21)7-9-28/h2,4-5,10-11H,3,6-9H2,1H3,(H,25,29). The number of benzene rings is 1. The molecule has 31 heavy (non-hydrogen) atoms. The Hall–Kier alpha value is -2.63. The van der Waals surface area contributed by atoms with E-state index in [1.54, 1.807) is 6.07 Å². The van der Waals surface area contributed by atoms with Crippen LogP contribution in [0.4, 0.5) is 33.5 Å². The summed E-state index contributed by atoms with van der Waals surface area (Å²) in [7, 11) is -1.33. The zero-order chi connectivity index (χ0) is 22.8. The van der Waals surface area contributed by atoms with E-state index in [1.165, 1.54) is 29.4 Å². The van der Waals surface area contributed by atoms with Crippen LogP contribution in [0.2, 0.25) is 0 Å². The number of hydrogen-bond acceptors (Lipinski definition) is 5. The Kier molecular flexibility index (Phi) is 6.58. The van der Waals surface area contributed by atoms with E-state index in [4.69, 9.17) is 0 Å². The van der Waals surface area contributed by atoms with Gasteiger partial charge in [-0.15, -0.1) is 10.2 Å². The molecule has 1 N–H and O–H groups in total. The van der Waals surface area contributed by atoms with Crippen molar-refractivity contribution < 1.29 is 31.0 Å². The summed E-state index contributed by atoms with van der Waals surface area (Å²) in [5.74, 6) is -4.00. The molecule has 168 valence electrons. The number of rotatable bonds is 4. The maximum Gasteiger partial charge on any atom is 0.435 e. The fourth-order valence-corrected chi connectivity index (χ4v) is 3.71. The monoisotopic (exact) mass is 462 g/mol. The van der Waals surface area contributed by atoms with Crippen LogP contribution in [0.3, 0.4) is 0 Å². The van der Waals surface area contributed by atoms with E-state index < -0.39 is 46.5 Å². The Morgan fingerprint density at radius 1 is 1.16 bits per heavy atom. The number of amides is 1. The first-order valence-electron chi connectivity index (χ1n) is 9.29. The normalized spacial score (nSPS) is 17.7. The van der Waals surface area contributed by atoms with Crippen molar-refractivity contribution in [3.8, 4) is 0 Å². The lowest BCUT2D eigenvalue weighted by molar-refractivity contribution is -0.141. The summed E-state index contributed by atoms with van der Waals surface area (Å²) < 4.78 is 78.5. The Bertz CT molecular complexity index is 1000. The summed E-state index contributed by atoms with van der Waals surface area (Å²) in [5, 5.41) is 9.18. The van der Waals surface area contributed by atoms with Crippen LogP contribution in [0.25, 0.3) is 0 Å². The van der Waals surface area contributed by atoms with Crippen LogP contribution in [-0.4, -0.2) is 45.6 Å². The molecule has 1 aliphatic rings. The minimum Gasteiger partial charge on any atom is -0.354 e. The average molecular weight is 462 g/mol. The van der Waals surface area contributed by atoms with Gasteiger partial charge < -0.3 is 10.2 Å². The lowest BCUT2D eigenvalue weighted by Gasteiger charge is -2.24. The number of nitrogens with one attached hydrogen (secondary N) is 1. The summed E-state index contributed by atoms with van der Waals surface area (Å²) in [4.78, 5) is 14.6. The molecule has 6 nitrogen and oxygen atoms in total. The molecule has 1 saturated heterocycles. The Morgan fingerprint density at radius 3 is 2.58 bits per heavy atom. The van der Waals surface area contributed by atoms with Gasteiger partial charge in [-0.25, -0.2) is 8.78 Å². The van der Waals surface area contributed by atoms with Crippen molar-refractivity contribution >= 4 is 28.2 Å². The average Bonchev–Trinajstić information content (AvgIpc) is 2.87. The van der Waals surface area contributed by atoms with Crippen LogP contribution in [0, 0.1) is 0 Å². The van der Waals surface area contributed by atoms with E-state index in [1.807, 2.05) is 0 Å². The first kappa shape index (κ1) is 23.0. The van der Waals surface area contributed by atoms with Crippen molar-refractivity contribution in [2.45, 2.75) is 36.3 Å². The molecule has 12 heteroatoms. The zero-order valence-electron chi connectivity index (χ0n) is 16.4. The second-order valence-electron chi connectivity index (χ2n) is 7.10. The number of carbonyl (C=O) groups is 1. The topological polar surface area (TPSA) is 75.2 Å². The van der Waals surface area contributed by atoms with Crippen molar-refractivity contribution in [1.82, 2.24) is 10.2 Å². The van der Waals surface area contributed by atoms with Crippen LogP contribution in [-0.2, 0) is 17.0 Å². The molecule has 1 aromatic heterocycles. The molecule has 1 fully saturated rings. The number of aromatic nitrogens is 2. The van der Waals surface area contributed by atoms with Gasteiger partial charge in [-0.05, 0) is 30.7 Å². The molecular weight excluding hydrogens is 443 g/mol. The maximum absolute atomic E-state index is 13.7. The van der Waals surface area contributed by atoms with E-state index in [-0.39, 0.29) is 37.4 Å². The predicted molar refractivity (Wildman–Crippen MR) is 105 cm³/mol. The van der Waals surface area contributed by atoms with Gasteiger partial charge in [0.25, 0.3) is 5.91 Å². The van der Waals surface area contributed by atoms with Gasteiger partial charge in [0.1, 0.15) is 0 Å². The molecular formula is C19H19F5N4O2S. The zero-order valence-corrected chi connectivity index (χ0v) is 17.2. The smallest absolute Gasteiger partial charge is 0.354 e. The van der Waals surface area contributed by atoms with Gasteiger partial charge in [-0.3, -0.25) is 9.00 Å².